The zero-order valence-corrected chi connectivity index (χ0v) is 10.3. The van der Waals surface area contributed by atoms with Gasteiger partial charge in [-0.2, -0.15) is 8.75 Å². The molecule has 1 aliphatic heterocycles. The van der Waals surface area contributed by atoms with E-state index in [0.29, 0.717) is 12.1 Å². The Morgan fingerprint density at radius 1 is 1.44 bits per heavy atom. The van der Waals surface area contributed by atoms with E-state index in [1.165, 1.54) is 6.20 Å². The predicted octanol–water partition coefficient (Wildman–Crippen LogP) is -0.407. The molecular weight excluding hydrogens is 226 g/mol. The van der Waals surface area contributed by atoms with Crippen molar-refractivity contribution in [3.63, 3.8) is 0 Å². The van der Waals surface area contributed by atoms with E-state index in [1.54, 1.807) is 0 Å². The summed E-state index contributed by atoms with van der Waals surface area (Å²) in [4.78, 5) is 10.2. The van der Waals surface area contributed by atoms with Crippen molar-refractivity contribution in [3.8, 4) is 0 Å². The zero-order chi connectivity index (χ0) is 12.0. The molecule has 0 unspecified atom stereocenters. The van der Waals surface area contributed by atoms with Crippen LogP contribution in [0.2, 0.25) is 0 Å². The monoisotopic (exact) mass is 243 g/mol. The fourth-order valence-corrected chi connectivity index (χ4v) is 1.59. The second-order valence-electron chi connectivity index (χ2n) is 3.78. The fourth-order valence-electron chi connectivity index (χ4n) is 1.17. The molecule has 1 saturated heterocycles. The number of hydrogen-bond acceptors (Lipinski definition) is 6. The van der Waals surface area contributed by atoms with E-state index in [0.717, 1.165) is 24.8 Å². The van der Waals surface area contributed by atoms with E-state index in [9.17, 15) is 4.79 Å². The van der Waals surface area contributed by atoms with Crippen LogP contribution in [0, 0.1) is 0 Å². The van der Waals surface area contributed by atoms with Crippen molar-refractivity contribution in [2.45, 2.75) is 25.9 Å². The van der Waals surface area contributed by atoms with E-state index < -0.39 is 5.91 Å². The van der Waals surface area contributed by atoms with Crippen LogP contribution < -0.4 is 16.4 Å². The van der Waals surface area contributed by atoms with Crippen molar-refractivity contribution >= 4 is 17.6 Å². The molecule has 0 spiro atoms. The minimum Gasteiger partial charge on any atom is -0.364 e. The first-order chi connectivity index (χ1) is 7.59. The highest BCUT2D eigenvalue weighted by Gasteiger charge is 2.10. The highest BCUT2D eigenvalue weighted by atomic mass is 32.1. The van der Waals surface area contributed by atoms with Gasteiger partial charge >= 0.3 is 0 Å². The van der Waals surface area contributed by atoms with Gasteiger partial charge in [0.2, 0.25) is 0 Å². The lowest BCUT2D eigenvalue weighted by Gasteiger charge is -2.26. The third-order valence-electron chi connectivity index (χ3n) is 2.16. The number of primary amides is 1. The first-order valence-corrected chi connectivity index (χ1v) is 5.86. The summed E-state index contributed by atoms with van der Waals surface area (Å²) in [5.74, 6) is -0.529. The molecule has 2 rings (SSSR count). The molecule has 1 aliphatic rings. The maximum Gasteiger partial charge on any atom is 0.270 e. The molecule has 2 atom stereocenters. The van der Waals surface area contributed by atoms with Gasteiger partial charge in [-0.25, -0.2) is 0 Å². The van der Waals surface area contributed by atoms with Crippen LogP contribution in [-0.2, 0) is 0 Å². The molecule has 1 aromatic heterocycles. The molecule has 1 aromatic rings. The molecule has 0 saturated carbocycles. The van der Waals surface area contributed by atoms with Crippen molar-refractivity contribution in [2.75, 3.05) is 13.1 Å². The first-order valence-electron chi connectivity index (χ1n) is 5.13. The Morgan fingerprint density at radius 3 is 2.25 bits per heavy atom. The van der Waals surface area contributed by atoms with E-state index in [1.807, 2.05) is 0 Å². The Kier molecular flexibility index (Phi) is 5.30. The summed E-state index contributed by atoms with van der Waals surface area (Å²) in [5, 5.41) is 6.74. The summed E-state index contributed by atoms with van der Waals surface area (Å²) >= 11 is 0.967. The summed E-state index contributed by atoms with van der Waals surface area (Å²) in [6.45, 7) is 6.61. The maximum absolute atomic E-state index is 10.2. The Hall–Kier alpha value is -1.05. The molecule has 1 amide bonds. The molecule has 7 heteroatoms. The number of carbonyl (C=O) groups is 1. The molecule has 0 radical (unpaired) electrons. The normalized spacial score (nSPS) is 24.4. The molecule has 6 nitrogen and oxygen atoms in total. The number of hydrogen-bond donors (Lipinski definition) is 3. The Bertz CT molecular complexity index is 298. The predicted molar refractivity (Wildman–Crippen MR) is 63.4 cm³/mol. The zero-order valence-electron chi connectivity index (χ0n) is 9.43. The van der Waals surface area contributed by atoms with Crippen LogP contribution in [0.3, 0.4) is 0 Å². The Labute approximate surface area is 98.9 Å². The molecule has 1 fully saturated rings. The second kappa shape index (κ2) is 6.51. The smallest absolute Gasteiger partial charge is 0.270 e. The molecule has 4 N–H and O–H groups in total. The van der Waals surface area contributed by atoms with Crippen molar-refractivity contribution in [1.82, 2.24) is 19.4 Å². The van der Waals surface area contributed by atoms with Gasteiger partial charge in [0.05, 0.1) is 17.9 Å². The molecular formula is C9H17N5OS. The summed E-state index contributed by atoms with van der Waals surface area (Å²) < 4.78 is 7.14. The van der Waals surface area contributed by atoms with Crippen molar-refractivity contribution < 1.29 is 4.79 Å². The summed E-state index contributed by atoms with van der Waals surface area (Å²) in [5.41, 5.74) is 5.05. The van der Waals surface area contributed by atoms with E-state index >= 15 is 0 Å². The third kappa shape index (κ3) is 4.65. The van der Waals surface area contributed by atoms with Gasteiger partial charge in [-0.1, -0.05) is 0 Å². The SMILES string of the molecule is C[C@@H]1CN[C@@H](C)CN1.NC(=O)c1cnsn1. The highest BCUT2D eigenvalue weighted by molar-refractivity contribution is 6.99. The number of nitrogens with one attached hydrogen (secondary N) is 2. The van der Waals surface area contributed by atoms with Crippen molar-refractivity contribution in [3.05, 3.63) is 11.9 Å². The largest absolute Gasteiger partial charge is 0.364 e. The number of aromatic nitrogens is 2. The number of nitrogens with two attached hydrogens (primary N) is 1. The minimum absolute atomic E-state index is 0.231. The lowest BCUT2D eigenvalue weighted by atomic mass is 10.2. The minimum atomic E-state index is -0.529. The number of amides is 1. The number of rotatable bonds is 1. The Balaban J connectivity index is 0.000000160. The lowest BCUT2D eigenvalue weighted by Crippen LogP contribution is -2.51. The average Bonchev–Trinajstić information content (AvgIpc) is 2.77. The van der Waals surface area contributed by atoms with Gasteiger partial charge in [0.25, 0.3) is 5.91 Å². The van der Waals surface area contributed by atoms with Crippen LogP contribution >= 0.6 is 11.7 Å². The van der Waals surface area contributed by atoms with Crippen LogP contribution in [0.25, 0.3) is 0 Å². The van der Waals surface area contributed by atoms with E-state index in [2.05, 4.69) is 33.2 Å². The number of carbonyl (C=O) groups excluding carboxylic acids is 1. The molecule has 90 valence electrons. The topological polar surface area (TPSA) is 92.9 Å². The summed E-state index contributed by atoms with van der Waals surface area (Å²) in [6.07, 6.45) is 1.34. The fraction of sp³-hybridized carbons (Fsp3) is 0.667. The summed E-state index contributed by atoms with van der Waals surface area (Å²) in [7, 11) is 0. The first kappa shape index (κ1) is 13.0. The highest BCUT2D eigenvalue weighted by Crippen LogP contribution is 1.91. The number of nitrogens with zero attached hydrogens (tertiary/aromatic N) is 2. The molecule has 16 heavy (non-hydrogen) atoms. The van der Waals surface area contributed by atoms with Gasteiger partial charge in [-0.05, 0) is 13.8 Å². The van der Waals surface area contributed by atoms with Crippen LogP contribution in [0.1, 0.15) is 24.3 Å². The van der Waals surface area contributed by atoms with E-state index in [4.69, 9.17) is 5.73 Å². The van der Waals surface area contributed by atoms with Gasteiger partial charge in [0.15, 0.2) is 5.69 Å². The third-order valence-corrected chi connectivity index (χ3v) is 2.64. The van der Waals surface area contributed by atoms with Crippen molar-refractivity contribution in [2.24, 2.45) is 5.73 Å². The molecule has 0 bridgehead atoms. The van der Waals surface area contributed by atoms with Crippen LogP contribution in [0.15, 0.2) is 6.20 Å². The Morgan fingerprint density at radius 2 is 2.00 bits per heavy atom. The standard InChI is InChI=1S/C6H14N2.C3H3N3OS/c1-5-3-8-6(2)4-7-5;4-3(7)2-1-5-8-6-2/h5-8H,3-4H2,1-2H3;1H,(H2,4,7)/t5-,6+;. The molecule has 0 aromatic carbocycles. The summed E-state index contributed by atoms with van der Waals surface area (Å²) in [6, 6.07) is 1.32. The van der Waals surface area contributed by atoms with Gasteiger partial charge in [0, 0.05) is 25.2 Å². The number of piperazine rings is 1. The van der Waals surface area contributed by atoms with Crippen LogP contribution in [0.4, 0.5) is 0 Å². The van der Waals surface area contributed by atoms with E-state index in [-0.39, 0.29) is 5.69 Å². The maximum atomic E-state index is 10.2. The lowest BCUT2D eigenvalue weighted by molar-refractivity contribution is 0.0996. The quantitative estimate of drug-likeness (QED) is 0.623. The van der Waals surface area contributed by atoms with Gasteiger partial charge in [0.1, 0.15) is 0 Å². The average molecular weight is 243 g/mol. The van der Waals surface area contributed by atoms with Crippen LogP contribution in [-0.4, -0.2) is 39.8 Å². The van der Waals surface area contributed by atoms with Crippen molar-refractivity contribution in [1.29, 1.82) is 0 Å². The van der Waals surface area contributed by atoms with Gasteiger partial charge < -0.3 is 16.4 Å². The van der Waals surface area contributed by atoms with Gasteiger partial charge in [-0.15, -0.1) is 0 Å². The molecule has 2 heterocycles. The second-order valence-corrected chi connectivity index (χ2v) is 4.33. The van der Waals surface area contributed by atoms with Crippen LogP contribution in [0.5, 0.6) is 0 Å². The van der Waals surface area contributed by atoms with Gasteiger partial charge in [-0.3, -0.25) is 4.79 Å². The molecule has 0 aliphatic carbocycles.